The Bertz CT molecular complexity index is 481. The van der Waals surface area contributed by atoms with E-state index in [1.807, 2.05) is 6.26 Å². The first-order chi connectivity index (χ1) is 10.7. The van der Waals surface area contributed by atoms with E-state index in [2.05, 4.69) is 34.5 Å². The average Bonchev–Trinajstić information content (AvgIpc) is 2.53. The molecule has 1 atom stereocenters. The highest BCUT2D eigenvalue weighted by molar-refractivity contribution is 7.98. The standard InChI is InChI=1S/C17H26N2O2S/c1-22-10-4-7-17(21)18-11-16(20)13-19-9-8-14-5-2-3-6-15(14)12-19/h2-3,5-6,16,20H,4,7-13H2,1H3,(H,18,21). The normalized spacial score (nSPS) is 16.1. The Kier molecular flexibility index (Phi) is 7.22. The number of carbonyl (C=O) groups is 1. The Morgan fingerprint density at radius 3 is 2.95 bits per heavy atom. The summed E-state index contributed by atoms with van der Waals surface area (Å²) in [6.45, 7) is 2.81. The van der Waals surface area contributed by atoms with Crippen LogP contribution in [0.25, 0.3) is 0 Å². The Morgan fingerprint density at radius 2 is 2.18 bits per heavy atom. The van der Waals surface area contributed by atoms with Crippen LogP contribution >= 0.6 is 11.8 Å². The van der Waals surface area contributed by atoms with Crippen LogP contribution in [0, 0.1) is 0 Å². The van der Waals surface area contributed by atoms with Gasteiger partial charge < -0.3 is 10.4 Å². The molecule has 0 spiro atoms. The first-order valence-corrected chi connectivity index (χ1v) is 9.31. The summed E-state index contributed by atoms with van der Waals surface area (Å²) in [5.74, 6) is 1.04. The lowest BCUT2D eigenvalue weighted by atomic mass is 10.00. The monoisotopic (exact) mass is 322 g/mol. The summed E-state index contributed by atoms with van der Waals surface area (Å²) >= 11 is 1.75. The molecule has 0 radical (unpaired) electrons. The Morgan fingerprint density at radius 1 is 1.41 bits per heavy atom. The number of aliphatic hydroxyl groups excluding tert-OH is 1. The van der Waals surface area contributed by atoms with Gasteiger partial charge in [-0.2, -0.15) is 11.8 Å². The minimum Gasteiger partial charge on any atom is -0.390 e. The molecule has 0 aromatic heterocycles. The molecule has 5 heteroatoms. The van der Waals surface area contributed by atoms with Gasteiger partial charge in [-0.1, -0.05) is 24.3 Å². The molecule has 4 nitrogen and oxygen atoms in total. The minimum atomic E-state index is -0.505. The molecule has 122 valence electrons. The lowest BCUT2D eigenvalue weighted by molar-refractivity contribution is -0.121. The largest absolute Gasteiger partial charge is 0.390 e. The second kappa shape index (κ2) is 9.18. The van der Waals surface area contributed by atoms with Gasteiger partial charge in [0.1, 0.15) is 0 Å². The molecule has 1 heterocycles. The average molecular weight is 322 g/mol. The molecule has 2 rings (SSSR count). The second-order valence-corrected chi connectivity index (χ2v) is 6.79. The number of aliphatic hydroxyl groups is 1. The maximum atomic E-state index is 11.6. The molecule has 0 saturated carbocycles. The lowest BCUT2D eigenvalue weighted by Crippen LogP contribution is -2.42. The van der Waals surface area contributed by atoms with Crippen LogP contribution in [0.4, 0.5) is 0 Å². The highest BCUT2D eigenvalue weighted by Crippen LogP contribution is 2.18. The van der Waals surface area contributed by atoms with Crippen LogP contribution in [0.2, 0.25) is 0 Å². The summed E-state index contributed by atoms with van der Waals surface area (Å²) in [4.78, 5) is 13.9. The number of hydrogen-bond donors (Lipinski definition) is 2. The number of nitrogens with one attached hydrogen (secondary N) is 1. The van der Waals surface area contributed by atoms with Gasteiger partial charge in [0.05, 0.1) is 6.10 Å². The van der Waals surface area contributed by atoms with E-state index in [-0.39, 0.29) is 5.91 Å². The van der Waals surface area contributed by atoms with Crippen molar-refractivity contribution in [2.75, 3.05) is 31.6 Å². The zero-order valence-electron chi connectivity index (χ0n) is 13.3. The molecule has 0 saturated heterocycles. The number of rotatable bonds is 8. The third-order valence-electron chi connectivity index (χ3n) is 3.97. The number of nitrogens with zero attached hydrogens (tertiary/aromatic N) is 1. The minimum absolute atomic E-state index is 0.0390. The van der Waals surface area contributed by atoms with Crippen molar-refractivity contribution in [2.45, 2.75) is 31.9 Å². The molecular weight excluding hydrogens is 296 g/mol. The summed E-state index contributed by atoms with van der Waals surface area (Å²) in [5, 5.41) is 12.9. The van der Waals surface area contributed by atoms with Crippen LogP contribution in [-0.4, -0.2) is 53.7 Å². The number of carbonyl (C=O) groups excluding carboxylic acids is 1. The second-order valence-electron chi connectivity index (χ2n) is 5.81. The molecule has 1 amide bonds. The van der Waals surface area contributed by atoms with E-state index >= 15 is 0 Å². The van der Waals surface area contributed by atoms with E-state index in [9.17, 15) is 9.90 Å². The highest BCUT2D eigenvalue weighted by atomic mass is 32.2. The molecular formula is C17H26N2O2S. The van der Waals surface area contributed by atoms with Crippen LogP contribution < -0.4 is 5.32 Å². The van der Waals surface area contributed by atoms with Gasteiger partial charge in [0.25, 0.3) is 0 Å². The van der Waals surface area contributed by atoms with E-state index in [0.29, 0.717) is 19.5 Å². The molecule has 1 unspecified atom stereocenters. The molecule has 0 aliphatic carbocycles. The van der Waals surface area contributed by atoms with Gasteiger partial charge in [-0.05, 0) is 36.0 Å². The van der Waals surface area contributed by atoms with Gasteiger partial charge >= 0.3 is 0 Å². The number of β-amino-alcohol motifs (C(OH)–C–C–N with tert-alkyl or cyclic N) is 1. The van der Waals surface area contributed by atoms with Crippen LogP contribution in [0.3, 0.4) is 0 Å². The van der Waals surface area contributed by atoms with Gasteiger partial charge in [-0.15, -0.1) is 0 Å². The van der Waals surface area contributed by atoms with Gasteiger partial charge in [0.2, 0.25) is 5.91 Å². The Hall–Kier alpha value is -1.04. The molecule has 1 aliphatic rings. The fraction of sp³-hybridized carbons (Fsp3) is 0.588. The quantitative estimate of drug-likeness (QED) is 0.715. The maximum Gasteiger partial charge on any atom is 0.220 e. The van der Waals surface area contributed by atoms with E-state index in [1.165, 1.54) is 11.1 Å². The predicted octanol–water partition coefficient (Wildman–Crippen LogP) is 1.66. The first-order valence-electron chi connectivity index (χ1n) is 7.92. The van der Waals surface area contributed by atoms with E-state index in [0.717, 1.165) is 31.7 Å². The van der Waals surface area contributed by atoms with Gasteiger partial charge in [0, 0.05) is 32.6 Å². The predicted molar refractivity (Wildman–Crippen MR) is 92.1 cm³/mol. The smallest absolute Gasteiger partial charge is 0.220 e. The summed E-state index contributed by atoms with van der Waals surface area (Å²) in [5.41, 5.74) is 2.76. The third-order valence-corrected chi connectivity index (χ3v) is 4.66. The van der Waals surface area contributed by atoms with Crippen LogP contribution in [0.15, 0.2) is 24.3 Å². The van der Waals surface area contributed by atoms with Gasteiger partial charge in [-0.3, -0.25) is 9.69 Å². The van der Waals surface area contributed by atoms with E-state index in [1.54, 1.807) is 11.8 Å². The van der Waals surface area contributed by atoms with Crippen LogP contribution in [-0.2, 0) is 17.8 Å². The number of fused-ring (bicyclic) bond motifs is 1. The van der Waals surface area contributed by atoms with Crippen molar-refractivity contribution in [1.29, 1.82) is 0 Å². The van der Waals surface area contributed by atoms with Gasteiger partial charge in [-0.25, -0.2) is 0 Å². The van der Waals surface area contributed by atoms with Crippen molar-refractivity contribution >= 4 is 17.7 Å². The Balaban J connectivity index is 1.67. The van der Waals surface area contributed by atoms with Crippen LogP contribution in [0.1, 0.15) is 24.0 Å². The summed E-state index contributed by atoms with van der Waals surface area (Å²) in [7, 11) is 0. The van der Waals surface area contributed by atoms with Crippen molar-refractivity contribution in [3.63, 3.8) is 0 Å². The summed E-state index contributed by atoms with van der Waals surface area (Å²) in [6, 6.07) is 8.47. The topological polar surface area (TPSA) is 52.6 Å². The molecule has 1 aliphatic heterocycles. The van der Waals surface area contributed by atoms with Gasteiger partial charge in [0.15, 0.2) is 0 Å². The molecule has 2 N–H and O–H groups in total. The molecule has 22 heavy (non-hydrogen) atoms. The van der Waals surface area contributed by atoms with Crippen molar-refractivity contribution in [2.24, 2.45) is 0 Å². The van der Waals surface area contributed by atoms with E-state index in [4.69, 9.17) is 0 Å². The lowest BCUT2D eigenvalue weighted by Gasteiger charge is -2.30. The molecule has 1 aromatic carbocycles. The number of hydrogen-bond acceptors (Lipinski definition) is 4. The zero-order chi connectivity index (χ0) is 15.8. The van der Waals surface area contributed by atoms with E-state index < -0.39 is 6.10 Å². The third kappa shape index (κ3) is 5.63. The first kappa shape index (κ1) is 17.3. The summed E-state index contributed by atoms with van der Waals surface area (Å²) < 4.78 is 0. The SMILES string of the molecule is CSCCCC(=O)NCC(O)CN1CCc2ccccc2C1. The van der Waals surface area contributed by atoms with Crippen LogP contribution in [0.5, 0.6) is 0 Å². The summed E-state index contributed by atoms with van der Waals surface area (Å²) in [6.07, 6.45) is 4.01. The fourth-order valence-electron chi connectivity index (χ4n) is 2.77. The Labute approximate surface area is 137 Å². The zero-order valence-corrected chi connectivity index (χ0v) is 14.1. The van der Waals surface area contributed by atoms with Crippen molar-refractivity contribution in [1.82, 2.24) is 10.2 Å². The number of amides is 1. The molecule has 1 aromatic rings. The fourth-order valence-corrected chi connectivity index (χ4v) is 3.20. The van der Waals surface area contributed by atoms with Crippen molar-refractivity contribution in [3.8, 4) is 0 Å². The molecule has 0 fully saturated rings. The maximum absolute atomic E-state index is 11.6. The highest BCUT2D eigenvalue weighted by Gasteiger charge is 2.18. The van der Waals surface area contributed by atoms with Crippen molar-refractivity contribution < 1.29 is 9.90 Å². The molecule has 0 bridgehead atoms. The number of thioether (sulfide) groups is 1. The number of benzene rings is 1. The van der Waals surface area contributed by atoms with Crippen molar-refractivity contribution in [3.05, 3.63) is 35.4 Å².